The zero-order valence-corrected chi connectivity index (χ0v) is 26.8. The Bertz CT molecular complexity index is 1700. The van der Waals surface area contributed by atoms with E-state index in [0.29, 0.717) is 23.2 Å². The van der Waals surface area contributed by atoms with Crippen molar-refractivity contribution in [3.63, 3.8) is 0 Å². The van der Waals surface area contributed by atoms with Gasteiger partial charge < -0.3 is 14.6 Å². The Kier molecular flexibility index (Phi) is 7.95. The number of methoxy groups -OCH3 is 1. The summed E-state index contributed by atoms with van der Waals surface area (Å²) in [7, 11) is -2.15. The first-order valence-corrected chi connectivity index (χ1v) is 16.3. The second kappa shape index (κ2) is 11.2. The van der Waals surface area contributed by atoms with Crippen LogP contribution in [0.4, 0.5) is 17.1 Å². The fraction of sp³-hybridized carbons (Fsp3) is 0.419. The number of aryl methyl sites for hydroxylation is 1. The number of hydrogen-bond donors (Lipinski definition) is 4. The normalized spacial score (nSPS) is 15.4. The molecule has 0 unspecified atom stereocenters. The van der Waals surface area contributed by atoms with Gasteiger partial charge in [-0.05, 0) is 60.6 Å². The standard InChI is InChI=1S/C31H41N7O4S/c1-18(2)29-32-16-27(38(29)22-11-12-22)25-17-37(36-34-25)26-13-20(10-9-19(26)3)30(39)33-23-14-21(31(4,5)6)15-24(28(23)42-7)35-43(8,40)41/h9-10,13-18,22,34-36H,11-12H2,1-8H3,(H,33,39). The molecule has 2 aromatic carbocycles. The van der Waals surface area contributed by atoms with Crippen molar-refractivity contribution < 1.29 is 17.9 Å². The van der Waals surface area contributed by atoms with E-state index in [1.807, 2.05) is 63.3 Å². The van der Waals surface area contributed by atoms with E-state index in [1.165, 1.54) is 7.11 Å². The van der Waals surface area contributed by atoms with Crippen molar-refractivity contribution in [1.82, 2.24) is 20.5 Å². The van der Waals surface area contributed by atoms with Crippen molar-refractivity contribution in [2.24, 2.45) is 0 Å². The van der Waals surface area contributed by atoms with Gasteiger partial charge in [0.1, 0.15) is 5.82 Å². The van der Waals surface area contributed by atoms with E-state index < -0.39 is 10.0 Å². The molecule has 1 fully saturated rings. The first-order valence-electron chi connectivity index (χ1n) is 14.4. The average molecular weight is 608 g/mol. The Morgan fingerprint density at radius 2 is 1.84 bits per heavy atom. The first-order chi connectivity index (χ1) is 20.2. The zero-order valence-electron chi connectivity index (χ0n) is 26.0. The van der Waals surface area contributed by atoms with Gasteiger partial charge in [0.2, 0.25) is 10.0 Å². The van der Waals surface area contributed by atoms with Gasteiger partial charge in [-0.1, -0.05) is 40.7 Å². The monoisotopic (exact) mass is 607 g/mol. The number of sulfonamides is 1. The van der Waals surface area contributed by atoms with Crippen LogP contribution in [0, 0.1) is 6.92 Å². The van der Waals surface area contributed by atoms with Crippen LogP contribution in [-0.4, -0.2) is 37.2 Å². The van der Waals surface area contributed by atoms with Crippen LogP contribution in [-0.2, 0) is 15.4 Å². The number of hydrazine groups is 2. The summed E-state index contributed by atoms with van der Waals surface area (Å²) in [6, 6.07) is 9.48. The highest BCUT2D eigenvalue weighted by atomic mass is 32.2. The Hall–Kier alpha value is -4.03. The van der Waals surface area contributed by atoms with Crippen molar-refractivity contribution >= 4 is 38.7 Å². The molecule has 12 heteroatoms. The van der Waals surface area contributed by atoms with Crippen LogP contribution in [0.25, 0.3) is 5.70 Å². The predicted molar refractivity (Wildman–Crippen MR) is 171 cm³/mol. The third-order valence-electron chi connectivity index (χ3n) is 7.53. The van der Waals surface area contributed by atoms with Crippen LogP contribution in [0.3, 0.4) is 0 Å². The molecule has 230 valence electrons. The lowest BCUT2D eigenvalue weighted by Crippen LogP contribution is -2.36. The summed E-state index contributed by atoms with van der Waals surface area (Å²) in [6.45, 7) is 12.3. The van der Waals surface area contributed by atoms with Gasteiger partial charge in [-0.3, -0.25) is 20.0 Å². The van der Waals surface area contributed by atoms with Gasteiger partial charge in [0, 0.05) is 17.5 Å². The topological polar surface area (TPSA) is 130 Å². The minimum atomic E-state index is -3.59. The summed E-state index contributed by atoms with van der Waals surface area (Å²) in [5, 5.41) is 4.80. The zero-order chi connectivity index (χ0) is 31.3. The minimum Gasteiger partial charge on any atom is -0.492 e. The largest absolute Gasteiger partial charge is 0.492 e. The molecule has 0 spiro atoms. The summed E-state index contributed by atoms with van der Waals surface area (Å²) < 4.78 is 34.6. The van der Waals surface area contributed by atoms with E-state index in [4.69, 9.17) is 9.72 Å². The van der Waals surface area contributed by atoms with Crippen LogP contribution in [0.15, 0.2) is 42.7 Å². The molecule has 43 heavy (non-hydrogen) atoms. The predicted octanol–water partition coefficient (Wildman–Crippen LogP) is 5.41. The minimum absolute atomic E-state index is 0.227. The quantitative estimate of drug-likeness (QED) is 0.254. The fourth-order valence-electron chi connectivity index (χ4n) is 5.15. The molecule has 4 N–H and O–H groups in total. The van der Waals surface area contributed by atoms with E-state index in [-0.39, 0.29) is 22.8 Å². The highest BCUT2D eigenvalue weighted by molar-refractivity contribution is 7.92. The summed E-state index contributed by atoms with van der Waals surface area (Å²) in [5.74, 6) is 1.26. The molecule has 1 amide bonds. The molecule has 0 saturated heterocycles. The van der Waals surface area contributed by atoms with Crippen molar-refractivity contribution in [3.05, 3.63) is 70.9 Å². The second-order valence-corrected chi connectivity index (χ2v) is 14.3. The van der Waals surface area contributed by atoms with Crippen LogP contribution >= 0.6 is 0 Å². The number of aromatic nitrogens is 2. The molecular formula is C31H41N7O4S. The molecule has 1 saturated carbocycles. The van der Waals surface area contributed by atoms with Gasteiger partial charge in [-0.2, -0.15) is 0 Å². The fourth-order valence-corrected chi connectivity index (χ4v) is 5.70. The molecule has 11 nitrogen and oxygen atoms in total. The molecule has 1 aliphatic heterocycles. The highest BCUT2D eigenvalue weighted by Gasteiger charge is 2.31. The first kappa shape index (κ1) is 30.4. The van der Waals surface area contributed by atoms with Gasteiger partial charge in [0.25, 0.3) is 5.91 Å². The number of carbonyl (C=O) groups excluding carboxylic acids is 1. The van der Waals surface area contributed by atoms with Crippen molar-refractivity contribution in [2.45, 2.75) is 71.8 Å². The molecule has 1 aromatic heterocycles. The van der Waals surface area contributed by atoms with E-state index in [2.05, 4.69) is 39.4 Å². The molecule has 1 aliphatic carbocycles. The van der Waals surface area contributed by atoms with Crippen molar-refractivity contribution in [3.8, 4) is 5.75 Å². The number of ether oxygens (including phenoxy) is 1. The Labute approximate surface area is 253 Å². The average Bonchev–Trinajstić information content (AvgIpc) is 3.45. The maximum Gasteiger partial charge on any atom is 0.255 e. The highest BCUT2D eigenvalue weighted by Crippen LogP contribution is 2.41. The molecule has 0 atom stereocenters. The maximum atomic E-state index is 13.6. The smallest absolute Gasteiger partial charge is 0.255 e. The van der Waals surface area contributed by atoms with Gasteiger partial charge in [0.15, 0.2) is 5.75 Å². The van der Waals surface area contributed by atoms with Crippen molar-refractivity contribution in [1.29, 1.82) is 0 Å². The molecule has 0 radical (unpaired) electrons. The molecule has 2 heterocycles. The van der Waals surface area contributed by atoms with E-state index in [9.17, 15) is 13.2 Å². The SMILES string of the molecule is COc1c(NC(=O)c2ccc(C)c(N3C=C(c4cnc(C(C)C)n4C4CC4)NN3)c2)cc(C(C)(C)C)cc1NS(C)(=O)=O. The summed E-state index contributed by atoms with van der Waals surface area (Å²) >= 11 is 0. The molecule has 0 bridgehead atoms. The Morgan fingerprint density at radius 3 is 2.44 bits per heavy atom. The Balaban J connectivity index is 1.45. The van der Waals surface area contributed by atoms with Crippen LogP contribution in [0.1, 0.15) is 92.4 Å². The van der Waals surface area contributed by atoms with E-state index >= 15 is 0 Å². The second-order valence-electron chi connectivity index (χ2n) is 12.6. The van der Waals surface area contributed by atoms with E-state index in [0.717, 1.165) is 53.1 Å². The van der Waals surface area contributed by atoms with Gasteiger partial charge in [0.05, 0.1) is 54.2 Å². The molecular weight excluding hydrogens is 566 g/mol. The number of carbonyl (C=O) groups is 1. The summed E-state index contributed by atoms with van der Waals surface area (Å²) in [5.41, 5.74) is 11.7. The number of nitrogens with one attached hydrogen (secondary N) is 4. The summed E-state index contributed by atoms with van der Waals surface area (Å²) in [6.07, 6.45) is 7.27. The van der Waals surface area contributed by atoms with Crippen molar-refractivity contribution in [2.75, 3.05) is 28.4 Å². The third-order valence-corrected chi connectivity index (χ3v) is 8.12. The Morgan fingerprint density at radius 1 is 1.14 bits per heavy atom. The van der Waals surface area contributed by atoms with Crippen LogP contribution < -0.4 is 30.7 Å². The number of anilines is 3. The molecule has 5 rings (SSSR count). The van der Waals surface area contributed by atoms with Crippen LogP contribution in [0.2, 0.25) is 0 Å². The summed E-state index contributed by atoms with van der Waals surface area (Å²) in [4.78, 5) is 18.3. The lowest BCUT2D eigenvalue weighted by atomic mass is 9.86. The van der Waals surface area contributed by atoms with Gasteiger partial charge in [-0.25, -0.2) is 13.4 Å². The lowest BCUT2D eigenvalue weighted by molar-refractivity contribution is 0.102. The number of imidazole rings is 1. The van der Waals surface area contributed by atoms with Gasteiger partial charge >= 0.3 is 0 Å². The number of rotatable bonds is 9. The maximum absolute atomic E-state index is 13.6. The van der Waals surface area contributed by atoms with E-state index in [1.54, 1.807) is 12.1 Å². The molecule has 2 aliphatic rings. The van der Waals surface area contributed by atoms with Gasteiger partial charge in [-0.15, -0.1) is 5.53 Å². The number of hydrogen-bond acceptors (Lipinski definition) is 8. The number of nitrogens with zero attached hydrogens (tertiary/aromatic N) is 3. The molecule has 3 aromatic rings. The number of benzene rings is 2. The third kappa shape index (κ3) is 6.50. The lowest BCUT2D eigenvalue weighted by Gasteiger charge is -2.24. The van der Waals surface area contributed by atoms with Crippen LogP contribution in [0.5, 0.6) is 5.75 Å². The number of amides is 1.